The third kappa shape index (κ3) is 3.71. The van der Waals surface area contributed by atoms with Crippen LogP contribution >= 0.6 is 0 Å². The van der Waals surface area contributed by atoms with Crippen molar-refractivity contribution < 1.29 is 23.7 Å². The lowest BCUT2D eigenvalue weighted by molar-refractivity contribution is -0.221. The predicted octanol–water partition coefficient (Wildman–Crippen LogP) is 2.92. The molecule has 6 atom stereocenters. The van der Waals surface area contributed by atoms with Crippen LogP contribution in [0.3, 0.4) is 0 Å². The number of fused-ring (bicyclic) bond motifs is 1. The maximum Gasteiger partial charge on any atom is 0.190 e. The first-order valence-corrected chi connectivity index (χ1v) is 8.90. The molecule has 0 bridgehead atoms. The SMILES string of the molecule is CC1(C)O[C@H]2O[C@H]([C@H]3O[C@@H]3CCN=[N+]=[N-])[C@H](OCc3ccccc3)[C@H]2O1. The van der Waals surface area contributed by atoms with Gasteiger partial charge in [-0.3, -0.25) is 0 Å². The molecule has 0 N–H and O–H groups in total. The van der Waals surface area contributed by atoms with Crippen LogP contribution in [0.4, 0.5) is 0 Å². The molecule has 0 radical (unpaired) electrons. The van der Waals surface area contributed by atoms with Gasteiger partial charge in [-0.2, -0.15) is 0 Å². The fourth-order valence-electron chi connectivity index (χ4n) is 3.63. The molecule has 3 heterocycles. The number of rotatable bonds is 7. The van der Waals surface area contributed by atoms with E-state index in [1.807, 2.05) is 44.2 Å². The largest absolute Gasteiger partial charge is 0.368 e. The molecule has 3 saturated heterocycles. The van der Waals surface area contributed by atoms with E-state index >= 15 is 0 Å². The van der Waals surface area contributed by atoms with Crippen LogP contribution in [0.25, 0.3) is 10.4 Å². The first-order valence-electron chi connectivity index (χ1n) is 8.90. The second-order valence-corrected chi connectivity index (χ2v) is 7.21. The quantitative estimate of drug-likeness (QED) is 0.322. The highest BCUT2D eigenvalue weighted by atomic mass is 16.8. The predicted molar refractivity (Wildman–Crippen MR) is 91.0 cm³/mol. The lowest BCUT2D eigenvalue weighted by Crippen LogP contribution is -2.39. The average Bonchev–Trinajstić information content (AvgIpc) is 3.22. The zero-order valence-corrected chi connectivity index (χ0v) is 14.9. The fourth-order valence-corrected chi connectivity index (χ4v) is 3.63. The highest BCUT2D eigenvalue weighted by Crippen LogP contribution is 2.44. The second-order valence-electron chi connectivity index (χ2n) is 7.21. The first-order chi connectivity index (χ1) is 12.6. The van der Waals surface area contributed by atoms with Crippen LogP contribution in [0.2, 0.25) is 0 Å². The minimum atomic E-state index is -0.694. The molecule has 3 aliphatic rings. The molecule has 8 heteroatoms. The number of azide groups is 1. The van der Waals surface area contributed by atoms with Gasteiger partial charge in [-0.1, -0.05) is 35.4 Å². The monoisotopic (exact) mass is 361 g/mol. The van der Waals surface area contributed by atoms with Gasteiger partial charge in [0.05, 0.1) is 12.7 Å². The molecule has 0 spiro atoms. The van der Waals surface area contributed by atoms with Crippen molar-refractivity contribution in [2.45, 2.75) is 69.5 Å². The smallest absolute Gasteiger partial charge is 0.190 e. The van der Waals surface area contributed by atoms with Crippen molar-refractivity contribution in [3.8, 4) is 0 Å². The van der Waals surface area contributed by atoms with Gasteiger partial charge in [0.25, 0.3) is 0 Å². The number of epoxide rings is 1. The summed E-state index contributed by atoms with van der Waals surface area (Å²) in [6.07, 6.45) is -0.704. The molecule has 26 heavy (non-hydrogen) atoms. The summed E-state index contributed by atoms with van der Waals surface area (Å²) in [7, 11) is 0. The summed E-state index contributed by atoms with van der Waals surface area (Å²) in [5.74, 6) is -0.694. The Hall–Kier alpha value is -1.67. The molecule has 8 nitrogen and oxygen atoms in total. The van der Waals surface area contributed by atoms with E-state index < -0.39 is 12.1 Å². The van der Waals surface area contributed by atoms with E-state index in [-0.39, 0.29) is 30.5 Å². The molecule has 0 unspecified atom stereocenters. The molecule has 3 aliphatic heterocycles. The summed E-state index contributed by atoms with van der Waals surface area (Å²) in [6.45, 7) is 4.61. The zero-order valence-electron chi connectivity index (χ0n) is 14.9. The Balaban J connectivity index is 1.42. The third-order valence-electron chi connectivity index (χ3n) is 4.83. The van der Waals surface area contributed by atoms with Crippen LogP contribution in [0, 0.1) is 0 Å². The maximum absolute atomic E-state index is 8.40. The summed E-state index contributed by atoms with van der Waals surface area (Å²) >= 11 is 0. The van der Waals surface area contributed by atoms with Gasteiger partial charge < -0.3 is 23.7 Å². The third-order valence-corrected chi connectivity index (χ3v) is 4.83. The molecule has 1 aromatic carbocycles. The van der Waals surface area contributed by atoms with Crippen LogP contribution in [-0.2, 0) is 30.3 Å². The number of hydrogen-bond acceptors (Lipinski definition) is 6. The molecule has 0 aromatic heterocycles. The molecule has 4 rings (SSSR count). The molecule has 3 fully saturated rings. The summed E-state index contributed by atoms with van der Waals surface area (Å²) in [5.41, 5.74) is 9.48. The van der Waals surface area contributed by atoms with Crippen molar-refractivity contribution in [1.82, 2.24) is 0 Å². The summed E-state index contributed by atoms with van der Waals surface area (Å²) in [4.78, 5) is 2.77. The van der Waals surface area contributed by atoms with Gasteiger partial charge in [0.15, 0.2) is 12.1 Å². The van der Waals surface area contributed by atoms with Crippen LogP contribution in [0.15, 0.2) is 35.4 Å². The minimum absolute atomic E-state index is 0.0140. The van der Waals surface area contributed by atoms with Gasteiger partial charge in [-0.15, -0.1) is 0 Å². The van der Waals surface area contributed by atoms with E-state index in [9.17, 15) is 0 Å². The number of nitrogens with zero attached hydrogens (tertiary/aromatic N) is 3. The van der Waals surface area contributed by atoms with Gasteiger partial charge in [-0.25, -0.2) is 0 Å². The normalized spacial score (nSPS) is 37.2. The first kappa shape index (κ1) is 17.7. The average molecular weight is 361 g/mol. The summed E-state index contributed by atoms with van der Waals surface area (Å²) < 4.78 is 29.9. The Morgan fingerprint density at radius 2 is 1.92 bits per heavy atom. The lowest BCUT2D eigenvalue weighted by atomic mass is 10.0. The van der Waals surface area contributed by atoms with Gasteiger partial charge in [0.1, 0.15) is 24.4 Å². The summed E-state index contributed by atoms with van der Waals surface area (Å²) in [5, 5.41) is 3.56. The molecule has 0 aliphatic carbocycles. The second kappa shape index (κ2) is 7.15. The fraction of sp³-hybridized carbons (Fsp3) is 0.667. The minimum Gasteiger partial charge on any atom is -0.368 e. The van der Waals surface area contributed by atoms with E-state index in [4.69, 9.17) is 29.2 Å². The number of benzene rings is 1. The number of ether oxygens (including phenoxy) is 5. The maximum atomic E-state index is 8.40. The Labute approximate surface area is 151 Å². The Bertz CT molecular complexity index is 679. The van der Waals surface area contributed by atoms with Gasteiger partial charge in [0.2, 0.25) is 0 Å². The van der Waals surface area contributed by atoms with Crippen LogP contribution in [-0.4, -0.2) is 49.1 Å². The van der Waals surface area contributed by atoms with Crippen molar-refractivity contribution in [3.63, 3.8) is 0 Å². The standard InChI is InChI=1S/C18H23N3O5/c1-18(2)25-16-14(22-10-11-6-4-3-5-7-11)15(24-17(16)26-18)13-12(23-13)8-9-20-21-19/h3-7,12-17H,8-10H2,1-2H3/t12-,13+,14+,15-,16-,17-/m1/s1. The molecule has 140 valence electrons. The van der Waals surface area contributed by atoms with Crippen molar-refractivity contribution in [1.29, 1.82) is 0 Å². The van der Waals surface area contributed by atoms with Crippen LogP contribution in [0.5, 0.6) is 0 Å². The van der Waals surface area contributed by atoms with E-state index in [0.29, 0.717) is 19.6 Å². The molecule has 0 amide bonds. The molecule has 1 aromatic rings. The van der Waals surface area contributed by atoms with E-state index in [0.717, 1.165) is 5.56 Å². The topological polar surface area (TPSA) is 98.2 Å². The van der Waals surface area contributed by atoms with Crippen molar-refractivity contribution in [2.24, 2.45) is 5.11 Å². The van der Waals surface area contributed by atoms with E-state index in [1.54, 1.807) is 0 Å². The Morgan fingerprint density at radius 3 is 2.69 bits per heavy atom. The van der Waals surface area contributed by atoms with E-state index in [2.05, 4.69) is 10.0 Å². The van der Waals surface area contributed by atoms with Gasteiger partial charge >= 0.3 is 0 Å². The van der Waals surface area contributed by atoms with Crippen LogP contribution < -0.4 is 0 Å². The highest BCUT2D eigenvalue weighted by Gasteiger charge is 2.61. The Kier molecular flexibility index (Phi) is 4.88. The van der Waals surface area contributed by atoms with Crippen LogP contribution in [0.1, 0.15) is 25.8 Å². The highest BCUT2D eigenvalue weighted by molar-refractivity contribution is 5.14. The zero-order chi connectivity index (χ0) is 18.1. The lowest BCUT2D eigenvalue weighted by Gasteiger charge is -2.25. The van der Waals surface area contributed by atoms with Crippen molar-refractivity contribution in [3.05, 3.63) is 46.3 Å². The van der Waals surface area contributed by atoms with Gasteiger partial charge in [-0.05, 0) is 31.4 Å². The van der Waals surface area contributed by atoms with Gasteiger partial charge in [0, 0.05) is 11.5 Å². The van der Waals surface area contributed by atoms with Crippen molar-refractivity contribution >= 4 is 0 Å². The molecular weight excluding hydrogens is 338 g/mol. The van der Waals surface area contributed by atoms with Crippen molar-refractivity contribution in [2.75, 3.05) is 6.54 Å². The Morgan fingerprint density at radius 1 is 1.12 bits per heavy atom. The molecular formula is C18H23N3O5. The molecule has 0 saturated carbocycles. The number of hydrogen-bond donors (Lipinski definition) is 0. The van der Waals surface area contributed by atoms with E-state index in [1.165, 1.54) is 0 Å². The summed E-state index contributed by atoms with van der Waals surface area (Å²) in [6, 6.07) is 9.99.